The minimum absolute atomic E-state index is 0.0335. The largest absolute Gasteiger partial charge is 0.361 e. The average molecular weight is 480 g/mol. The van der Waals surface area contributed by atoms with Gasteiger partial charge in [0.25, 0.3) is 10.0 Å². The molecule has 2 aromatic heterocycles. The van der Waals surface area contributed by atoms with E-state index in [1.807, 2.05) is 31.3 Å². The van der Waals surface area contributed by atoms with Crippen molar-refractivity contribution in [2.45, 2.75) is 30.4 Å². The Morgan fingerprint density at radius 1 is 1.26 bits per heavy atom. The summed E-state index contributed by atoms with van der Waals surface area (Å²) in [7, 11) is -3.50. The van der Waals surface area contributed by atoms with Crippen molar-refractivity contribution in [3.8, 4) is 0 Å². The van der Waals surface area contributed by atoms with Crippen LogP contribution in [-0.2, 0) is 21.2 Å². The summed E-state index contributed by atoms with van der Waals surface area (Å²) in [6, 6.07) is 11.3. The van der Waals surface area contributed by atoms with Gasteiger partial charge in [-0.25, -0.2) is 8.42 Å². The topological polar surface area (TPSA) is 82.3 Å². The third-order valence-corrected chi connectivity index (χ3v) is 9.73. The maximum Gasteiger partial charge on any atom is 0.252 e. The molecule has 9 heteroatoms. The predicted octanol–water partition coefficient (Wildman–Crippen LogP) is 4.28. The Kier molecular flexibility index (Phi) is 6.71. The van der Waals surface area contributed by atoms with E-state index < -0.39 is 10.0 Å². The number of benzene rings is 1. The van der Waals surface area contributed by atoms with Crippen LogP contribution in [0.25, 0.3) is 10.9 Å². The van der Waals surface area contributed by atoms with Gasteiger partial charge in [0.2, 0.25) is 5.91 Å². The van der Waals surface area contributed by atoms with Gasteiger partial charge in [0.05, 0.1) is 4.34 Å². The number of aromatic nitrogens is 1. The van der Waals surface area contributed by atoms with Gasteiger partial charge >= 0.3 is 0 Å². The van der Waals surface area contributed by atoms with Crippen LogP contribution in [0.15, 0.2) is 46.8 Å². The van der Waals surface area contributed by atoms with E-state index in [0.29, 0.717) is 36.8 Å². The zero-order valence-corrected chi connectivity index (χ0v) is 19.7. The number of piperidine rings is 1. The van der Waals surface area contributed by atoms with Crippen LogP contribution < -0.4 is 5.32 Å². The van der Waals surface area contributed by atoms with Gasteiger partial charge in [-0.15, -0.1) is 11.3 Å². The molecule has 1 aliphatic heterocycles. The standard InChI is InChI=1S/C22H26ClN3O3S2/c1-15(22(27)24-11-8-17-14-25-19-5-3-2-4-18(17)19)16-9-12-26(13-10-16)31(28,29)21-7-6-20(23)30-21/h2-7,14-16,25H,8-13H2,1H3,(H,24,27). The molecule has 2 N–H and O–H groups in total. The summed E-state index contributed by atoms with van der Waals surface area (Å²) in [5.41, 5.74) is 2.29. The SMILES string of the molecule is CC(C(=O)NCCc1c[nH]c2ccccc12)C1CCN(S(=O)(=O)c2ccc(Cl)s2)CC1. The van der Waals surface area contributed by atoms with E-state index in [2.05, 4.69) is 16.4 Å². The average Bonchev–Trinajstić information content (AvgIpc) is 3.40. The van der Waals surface area contributed by atoms with Crippen molar-refractivity contribution in [2.24, 2.45) is 11.8 Å². The molecule has 1 aliphatic rings. The highest BCUT2D eigenvalue weighted by Crippen LogP contribution is 2.32. The number of amides is 1. The molecule has 1 atom stereocenters. The van der Waals surface area contributed by atoms with Crippen LogP contribution in [0.4, 0.5) is 0 Å². The van der Waals surface area contributed by atoms with E-state index >= 15 is 0 Å². The van der Waals surface area contributed by atoms with Crippen LogP contribution in [0.2, 0.25) is 4.34 Å². The Bertz CT molecular complexity index is 1160. The minimum atomic E-state index is -3.50. The van der Waals surface area contributed by atoms with Crippen molar-refractivity contribution in [1.82, 2.24) is 14.6 Å². The van der Waals surface area contributed by atoms with Gasteiger partial charge in [-0.1, -0.05) is 36.7 Å². The number of H-pyrrole nitrogens is 1. The van der Waals surface area contributed by atoms with E-state index in [4.69, 9.17) is 11.6 Å². The molecule has 3 heterocycles. The van der Waals surface area contributed by atoms with Gasteiger partial charge in [-0.3, -0.25) is 4.79 Å². The van der Waals surface area contributed by atoms with Gasteiger partial charge < -0.3 is 10.3 Å². The molecular weight excluding hydrogens is 454 g/mol. The number of carbonyl (C=O) groups is 1. The molecular formula is C22H26ClN3O3S2. The number of nitrogens with one attached hydrogen (secondary N) is 2. The highest BCUT2D eigenvalue weighted by molar-refractivity contribution is 7.91. The van der Waals surface area contributed by atoms with E-state index in [9.17, 15) is 13.2 Å². The molecule has 1 saturated heterocycles. The van der Waals surface area contributed by atoms with Crippen molar-refractivity contribution in [2.75, 3.05) is 19.6 Å². The number of thiophene rings is 1. The summed E-state index contributed by atoms with van der Waals surface area (Å²) in [5, 5.41) is 4.24. The third kappa shape index (κ3) is 4.82. The Hall–Kier alpha value is -1.87. The summed E-state index contributed by atoms with van der Waals surface area (Å²) >= 11 is 6.98. The Balaban J connectivity index is 1.27. The lowest BCUT2D eigenvalue weighted by Crippen LogP contribution is -2.42. The quantitative estimate of drug-likeness (QED) is 0.530. The van der Waals surface area contributed by atoms with Crippen molar-refractivity contribution in [3.05, 3.63) is 52.5 Å². The van der Waals surface area contributed by atoms with E-state index in [0.717, 1.165) is 23.3 Å². The summed E-state index contributed by atoms with van der Waals surface area (Å²) < 4.78 is 27.8. The molecule has 4 rings (SSSR count). The molecule has 6 nitrogen and oxygen atoms in total. The van der Waals surface area contributed by atoms with Gasteiger partial charge in [0.15, 0.2) is 0 Å². The van der Waals surface area contributed by atoms with E-state index in [-0.39, 0.29) is 22.0 Å². The molecule has 1 amide bonds. The predicted molar refractivity (Wildman–Crippen MR) is 125 cm³/mol. The number of halogens is 1. The molecule has 3 aromatic rings. The summed E-state index contributed by atoms with van der Waals surface area (Å²) in [5.74, 6) is 0.0571. The number of carbonyl (C=O) groups excluding carboxylic acids is 1. The van der Waals surface area contributed by atoms with Crippen molar-refractivity contribution < 1.29 is 13.2 Å². The molecule has 0 aliphatic carbocycles. The fourth-order valence-electron chi connectivity index (χ4n) is 4.21. The summed E-state index contributed by atoms with van der Waals surface area (Å²) in [6.07, 6.45) is 4.12. The first-order valence-electron chi connectivity index (χ1n) is 10.4. The highest BCUT2D eigenvalue weighted by Gasteiger charge is 2.34. The second-order valence-corrected chi connectivity index (χ2v) is 11.9. The van der Waals surface area contributed by atoms with Crippen LogP contribution >= 0.6 is 22.9 Å². The molecule has 1 fully saturated rings. The maximum absolute atomic E-state index is 12.8. The van der Waals surface area contributed by atoms with Crippen LogP contribution in [0.1, 0.15) is 25.3 Å². The summed E-state index contributed by atoms with van der Waals surface area (Å²) in [6.45, 7) is 3.37. The minimum Gasteiger partial charge on any atom is -0.361 e. The van der Waals surface area contributed by atoms with Crippen molar-refractivity contribution in [1.29, 1.82) is 0 Å². The lowest BCUT2D eigenvalue weighted by Gasteiger charge is -2.33. The number of para-hydroxylation sites is 1. The number of fused-ring (bicyclic) bond motifs is 1. The number of hydrogen-bond acceptors (Lipinski definition) is 4. The van der Waals surface area contributed by atoms with Gasteiger partial charge in [0.1, 0.15) is 4.21 Å². The van der Waals surface area contributed by atoms with Crippen molar-refractivity contribution in [3.63, 3.8) is 0 Å². The second kappa shape index (κ2) is 9.32. The van der Waals surface area contributed by atoms with Crippen LogP contribution in [0.5, 0.6) is 0 Å². The lowest BCUT2D eigenvalue weighted by atomic mass is 9.85. The third-order valence-electron chi connectivity index (χ3n) is 6.13. The fourth-order valence-corrected chi connectivity index (χ4v) is 7.32. The molecule has 0 radical (unpaired) electrons. The normalized spacial score (nSPS) is 17.1. The Morgan fingerprint density at radius 3 is 2.71 bits per heavy atom. The molecule has 1 unspecified atom stereocenters. The molecule has 1 aromatic carbocycles. The molecule has 31 heavy (non-hydrogen) atoms. The highest BCUT2D eigenvalue weighted by atomic mass is 35.5. The lowest BCUT2D eigenvalue weighted by molar-refractivity contribution is -0.126. The smallest absolute Gasteiger partial charge is 0.252 e. The van der Waals surface area contributed by atoms with E-state index in [1.165, 1.54) is 15.3 Å². The van der Waals surface area contributed by atoms with Gasteiger partial charge in [-0.05, 0) is 48.9 Å². The molecule has 0 bridgehead atoms. The maximum atomic E-state index is 12.8. The summed E-state index contributed by atoms with van der Waals surface area (Å²) in [4.78, 5) is 15.9. The van der Waals surface area contributed by atoms with Crippen LogP contribution in [0.3, 0.4) is 0 Å². The van der Waals surface area contributed by atoms with Crippen LogP contribution in [-0.4, -0.2) is 43.2 Å². The van der Waals surface area contributed by atoms with Crippen LogP contribution in [0, 0.1) is 11.8 Å². The first-order chi connectivity index (χ1) is 14.9. The monoisotopic (exact) mass is 479 g/mol. The molecule has 0 saturated carbocycles. The first-order valence-corrected chi connectivity index (χ1v) is 13.1. The fraction of sp³-hybridized carbons (Fsp3) is 0.409. The molecule has 0 spiro atoms. The first kappa shape index (κ1) is 22.3. The zero-order chi connectivity index (χ0) is 22.0. The number of aromatic amines is 1. The zero-order valence-electron chi connectivity index (χ0n) is 17.3. The van der Waals surface area contributed by atoms with Gasteiger partial charge in [0, 0.05) is 42.7 Å². The number of rotatable bonds is 7. The number of nitrogens with zero attached hydrogens (tertiary/aromatic N) is 1. The molecule has 166 valence electrons. The van der Waals surface area contributed by atoms with Crippen molar-refractivity contribution >= 4 is 49.8 Å². The number of sulfonamides is 1. The van der Waals surface area contributed by atoms with E-state index in [1.54, 1.807) is 12.1 Å². The number of hydrogen-bond donors (Lipinski definition) is 2. The second-order valence-electron chi connectivity index (χ2n) is 7.99. The van der Waals surface area contributed by atoms with Gasteiger partial charge in [-0.2, -0.15) is 4.31 Å². The Morgan fingerprint density at radius 2 is 2.00 bits per heavy atom. The Labute approximate surface area is 191 Å².